The third-order valence-corrected chi connectivity index (χ3v) is 4.02. The van der Waals surface area contributed by atoms with Gasteiger partial charge in [0.25, 0.3) is 0 Å². The third-order valence-electron chi connectivity index (χ3n) is 3.77. The van der Waals surface area contributed by atoms with Crippen molar-refractivity contribution in [3.8, 4) is 0 Å². The smallest absolute Gasteiger partial charge is 0.170 e. The van der Waals surface area contributed by atoms with Crippen LogP contribution in [-0.2, 0) is 0 Å². The molecule has 0 radical (unpaired) electrons. The number of rotatable bonds is 5. The molecule has 0 aromatic heterocycles. The van der Waals surface area contributed by atoms with Crippen LogP contribution in [0.1, 0.15) is 43.7 Å². The van der Waals surface area contributed by atoms with Crippen molar-refractivity contribution in [1.29, 1.82) is 0 Å². The highest BCUT2D eigenvalue weighted by molar-refractivity contribution is 7.80. The zero-order chi connectivity index (χ0) is 15.9. The van der Waals surface area contributed by atoms with Crippen molar-refractivity contribution in [2.45, 2.75) is 32.6 Å². The number of nitrogens with one attached hydrogen (secondary N) is 2. The third kappa shape index (κ3) is 4.85. The lowest BCUT2D eigenvalue weighted by molar-refractivity contribution is 0.723. The van der Waals surface area contributed by atoms with E-state index in [1.165, 1.54) is 11.1 Å². The first-order valence-corrected chi connectivity index (χ1v) is 8.17. The average molecular weight is 312 g/mol. The molecule has 0 aliphatic heterocycles. The van der Waals surface area contributed by atoms with E-state index in [-0.39, 0.29) is 0 Å². The van der Waals surface area contributed by atoms with Gasteiger partial charge >= 0.3 is 0 Å². The Morgan fingerprint density at radius 2 is 1.55 bits per heavy atom. The molecular weight excluding hydrogens is 288 g/mol. The number of benzene rings is 2. The Morgan fingerprint density at radius 3 is 2.14 bits per heavy atom. The number of anilines is 1. The molecule has 2 aromatic rings. The van der Waals surface area contributed by atoms with Gasteiger partial charge in [-0.15, -0.1) is 0 Å². The Hall–Kier alpha value is -1.87. The summed E-state index contributed by atoms with van der Waals surface area (Å²) in [6, 6.07) is 18.9. The number of hydrogen-bond acceptors (Lipinski definition) is 1. The van der Waals surface area contributed by atoms with E-state index in [2.05, 4.69) is 79.9 Å². The molecular formula is C19H24N2S. The van der Waals surface area contributed by atoms with Crippen LogP contribution in [0.25, 0.3) is 0 Å². The minimum atomic E-state index is 0.421. The molecule has 2 nitrogen and oxygen atoms in total. The standard InChI is InChI=1S/C19H24N2S/c1-14(2)16-9-11-18(12-10-16)21-19(22)20-13-15(3)17-7-5-4-6-8-17/h4-12,14-15H,13H2,1-3H3,(H2,20,21,22)/t15-/m1/s1. The van der Waals surface area contributed by atoms with E-state index in [0.29, 0.717) is 16.9 Å². The summed E-state index contributed by atoms with van der Waals surface area (Å²) in [5.74, 6) is 0.968. The lowest BCUT2D eigenvalue weighted by atomic mass is 10.0. The molecule has 0 aliphatic carbocycles. The lowest BCUT2D eigenvalue weighted by Crippen LogP contribution is -2.31. The molecule has 0 bridgehead atoms. The van der Waals surface area contributed by atoms with Crippen molar-refractivity contribution < 1.29 is 0 Å². The number of hydrogen-bond donors (Lipinski definition) is 2. The van der Waals surface area contributed by atoms with Gasteiger partial charge in [-0.1, -0.05) is 63.2 Å². The minimum absolute atomic E-state index is 0.421. The molecule has 0 spiro atoms. The molecule has 2 N–H and O–H groups in total. The molecule has 0 fully saturated rings. The van der Waals surface area contributed by atoms with Gasteiger partial charge in [0.1, 0.15) is 0 Å². The zero-order valence-electron chi connectivity index (χ0n) is 13.5. The zero-order valence-corrected chi connectivity index (χ0v) is 14.3. The highest BCUT2D eigenvalue weighted by atomic mass is 32.1. The van der Waals surface area contributed by atoms with Crippen LogP contribution in [0.4, 0.5) is 5.69 Å². The fraction of sp³-hybridized carbons (Fsp3) is 0.316. The van der Waals surface area contributed by atoms with E-state index in [0.717, 1.165) is 12.2 Å². The molecule has 0 saturated heterocycles. The summed E-state index contributed by atoms with van der Waals surface area (Å²) in [4.78, 5) is 0. The second-order valence-electron chi connectivity index (χ2n) is 5.92. The van der Waals surface area contributed by atoms with Gasteiger partial charge in [-0.05, 0) is 47.3 Å². The summed E-state index contributed by atoms with van der Waals surface area (Å²) < 4.78 is 0. The summed E-state index contributed by atoms with van der Waals surface area (Å²) in [5.41, 5.74) is 3.68. The van der Waals surface area contributed by atoms with Gasteiger partial charge < -0.3 is 10.6 Å². The number of thiocarbonyl (C=S) groups is 1. The Bertz CT molecular complexity index is 591. The molecule has 0 aliphatic rings. The maximum Gasteiger partial charge on any atom is 0.170 e. The average Bonchev–Trinajstić information content (AvgIpc) is 2.54. The van der Waals surface area contributed by atoms with Gasteiger partial charge in [-0.3, -0.25) is 0 Å². The molecule has 2 aromatic carbocycles. The maximum absolute atomic E-state index is 5.37. The summed E-state index contributed by atoms with van der Waals surface area (Å²) in [6.07, 6.45) is 0. The first kappa shape index (κ1) is 16.5. The first-order valence-electron chi connectivity index (χ1n) is 7.76. The van der Waals surface area contributed by atoms with Gasteiger partial charge in [0.15, 0.2) is 5.11 Å². The lowest BCUT2D eigenvalue weighted by Gasteiger charge is -2.16. The monoisotopic (exact) mass is 312 g/mol. The summed E-state index contributed by atoms with van der Waals surface area (Å²) in [6.45, 7) is 7.40. The predicted octanol–water partition coefficient (Wildman–Crippen LogP) is 4.90. The highest BCUT2D eigenvalue weighted by Gasteiger charge is 2.06. The van der Waals surface area contributed by atoms with E-state index in [4.69, 9.17) is 12.2 Å². The molecule has 116 valence electrons. The molecule has 22 heavy (non-hydrogen) atoms. The Balaban J connectivity index is 1.83. The van der Waals surface area contributed by atoms with E-state index in [9.17, 15) is 0 Å². The van der Waals surface area contributed by atoms with Gasteiger partial charge in [-0.2, -0.15) is 0 Å². The van der Waals surface area contributed by atoms with Crippen LogP contribution >= 0.6 is 12.2 Å². The Morgan fingerprint density at radius 1 is 0.909 bits per heavy atom. The Labute approximate surface area is 139 Å². The molecule has 3 heteroatoms. The fourth-order valence-corrected chi connectivity index (χ4v) is 2.47. The molecule has 2 rings (SSSR count). The highest BCUT2D eigenvalue weighted by Crippen LogP contribution is 2.17. The van der Waals surface area contributed by atoms with Crippen molar-refractivity contribution in [3.63, 3.8) is 0 Å². The molecule has 0 unspecified atom stereocenters. The van der Waals surface area contributed by atoms with Crippen molar-refractivity contribution in [1.82, 2.24) is 5.32 Å². The van der Waals surface area contributed by atoms with Crippen LogP contribution in [0.5, 0.6) is 0 Å². The van der Waals surface area contributed by atoms with E-state index in [1.54, 1.807) is 0 Å². The van der Waals surface area contributed by atoms with Crippen molar-refractivity contribution in [2.75, 3.05) is 11.9 Å². The quantitative estimate of drug-likeness (QED) is 0.768. The van der Waals surface area contributed by atoms with Crippen molar-refractivity contribution >= 4 is 23.0 Å². The molecule has 1 atom stereocenters. The van der Waals surface area contributed by atoms with E-state index >= 15 is 0 Å². The second kappa shape index (κ2) is 7.95. The minimum Gasteiger partial charge on any atom is -0.362 e. The normalized spacial score (nSPS) is 12.0. The SMILES string of the molecule is CC(C)c1ccc(NC(=S)NC[C@@H](C)c2ccccc2)cc1. The molecule has 0 amide bonds. The Kier molecular flexibility index (Phi) is 5.96. The van der Waals surface area contributed by atoms with Gasteiger partial charge in [0.05, 0.1) is 0 Å². The second-order valence-corrected chi connectivity index (χ2v) is 6.33. The summed E-state index contributed by atoms with van der Waals surface area (Å²) in [7, 11) is 0. The maximum atomic E-state index is 5.37. The molecule has 0 saturated carbocycles. The fourth-order valence-electron chi connectivity index (χ4n) is 2.27. The topological polar surface area (TPSA) is 24.1 Å². The van der Waals surface area contributed by atoms with Gasteiger partial charge in [0.2, 0.25) is 0 Å². The molecule has 0 heterocycles. The first-order chi connectivity index (χ1) is 10.6. The summed E-state index contributed by atoms with van der Waals surface area (Å²) >= 11 is 5.37. The van der Waals surface area contributed by atoms with Crippen molar-refractivity contribution in [3.05, 3.63) is 65.7 Å². The van der Waals surface area contributed by atoms with Crippen LogP contribution < -0.4 is 10.6 Å². The van der Waals surface area contributed by atoms with Crippen molar-refractivity contribution in [2.24, 2.45) is 0 Å². The van der Waals surface area contributed by atoms with Gasteiger partial charge in [0, 0.05) is 12.2 Å². The van der Waals surface area contributed by atoms with Crippen LogP contribution in [-0.4, -0.2) is 11.7 Å². The predicted molar refractivity (Wildman–Crippen MR) is 99.6 cm³/mol. The van der Waals surface area contributed by atoms with Crippen LogP contribution in [0.15, 0.2) is 54.6 Å². The van der Waals surface area contributed by atoms with Crippen LogP contribution in [0.3, 0.4) is 0 Å². The van der Waals surface area contributed by atoms with E-state index < -0.39 is 0 Å². The van der Waals surface area contributed by atoms with E-state index in [1.807, 2.05) is 6.07 Å². The largest absolute Gasteiger partial charge is 0.362 e. The van der Waals surface area contributed by atoms with Crippen LogP contribution in [0, 0.1) is 0 Å². The summed E-state index contributed by atoms with van der Waals surface area (Å²) in [5, 5.41) is 7.19. The van der Waals surface area contributed by atoms with Crippen LogP contribution in [0.2, 0.25) is 0 Å². The van der Waals surface area contributed by atoms with Gasteiger partial charge in [-0.25, -0.2) is 0 Å².